The van der Waals surface area contributed by atoms with Gasteiger partial charge >= 0.3 is 0 Å². The van der Waals surface area contributed by atoms with Gasteiger partial charge in [-0.2, -0.15) is 0 Å². The molecular formula is C15H31N3O2. The highest BCUT2D eigenvalue weighted by Crippen LogP contribution is 2.34. The molecule has 1 aliphatic rings. The van der Waals surface area contributed by atoms with Crippen LogP contribution in [-0.4, -0.2) is 55.7 Å². The molecule has 3 N–H and O–H groups in total. The molecule has 0 aliphatic heterocycles. The average molecular weight is 285 g/mol. The molecule has 0 spiro atoms. The molecule has 20 heavy (non-hydrogen) atoms. The Hall–Kier alpha value is -0.650. The monoisotopic (exact) mass is 285 g/mol. The summed E-state index contributed by atoms with van der Waals surface area (Å²) in [6.07, 6.45) is 4.90. The van der Waals surface area contributed by atoms with E-state index in [0.29, 0.717) is 12.1 Å². The zero-order valence-corrected chi connectivity index (χ0v) is 13.4. The Labute approximate surface area is 123 Å². The van der Waals surface area contributed by atoms with E-state index in [4.69, 9.17) is 10.5 Å². The van der Waals surface area contributed by atoms with Gasteiger partial charge in [-0.3, -0.25) is 9.69 Å². The van der Waals surface area contributed by atoms with Gasteiger partial charge in [-0.1, -0.05) is 13.8 Å². The number of nitrogens with one attached hydrogen (secondary N) is 1. The third-order valence-corrected chi connectivity index (χ3v) is 4.87. The van der Waals surface area contributed by atoms with Crippen LogP contribution >= 0.6 is 0 Å². The van der Waals surface area contributed by atoms with Crippen molar-refractivity contribution in [3.05, 3.63) is 0 Å². The summed E-state index contributed by atoms with van der Waals surface area (Å²) >= 11 is 0. The van der Waals surface area contributed by atoms with Crippen LogP contribution in [-0.2, 0) is 9.53 Å². The molecule has 0 aromatic rings. The first-order valence-corrected chi connectivity index (χ1v) is 7.78. The normalized spacial score (nSPS) is 26.6. The molecule has 1 fully saturated rings. The van der Waals surface area contributed by atoms with E-state index < -0.39 is 5.54 Å². The number of nitrogens with zero attached hydrogens (tertiary/aromatic N) is 1. The molecule has 5 nitrogen and oxygen atoms in total. The summed E-state index contributed by atoms with van der Waals surface area (Å²) in [5.41, 5.74) is 5.08. The highest BCUT2D eigenvalue weighted by atomic mass is 16.5. The fraction of sp³-hybridized carbons (Fsp3) is 0.933. The van der Waals surface area contributed by atoms with E-state index in [9.17, 15) is 4.79 Å². The molecule has 5 heteroatoms. The number of carbonyl (C=O) groups is 1. The van der Waals surface area contributed by atoms with Crippen LogP contribution < -0.4 is 11.1 Å². The lowest BCUT2D eigenvalue weighted by Crippen LogP contribution is -2.53. The van der Waals surface area contributed by atoms with Crippen LogP contribution in [0.2, 0.25) is 0 Å². The standard InChI is InChI=1S/C15H31N3O2/c1-5-12(6-2)18(9-10-20-4)13-7-8-15(11-13,17-3)14(16)19/h12-13,17H,5-11H2,1-4H3,(H2,16,19). The van der Waals surface area contributed by atoms with E-state index in [1.807, 2.05) is 7.05 Å². The average Bonchev–Trinajstić information content (AvgIpc) is 2.89. The van der Waals surface area contributed by atoms with Crippen molar-refractivity contribution in [2.45, 2.75) is 63.6 Å². The Morgan fingerprint density at radius 1 is 1.50 bits per heavy atom. The quantitative estimate of drug-likeness (QED) is 0.666. The highest BCUT2D eigenvalue weighted by molar-refractivity contribution is 5.85. The lowest BCUT2D eigenvalue weighted by molar-refractivity contribution is -0.124. The fourth-order valence-corrected chi connectivity index (χ4v) is 3.49. The number of likely N-dealkylation sites (N-methyl/N-ethyl adjacent to an activating group) is 1. The second kappa shape index (κ2) is 7.96. The maximum atomic E-state index is 11.8. The Kier molecular flexibility index (Phi) is 6.92. The molecule has 0 bridgehead atoms. The van der Waals surface area contributed by atoms with Gasteiger partial charge in [0.2, 0.25) is 5.91 Å². The largest absolute Gasteiger partial charge is 0.383 e. The van der Waals surface area contributed by atoms with Crippen LogP contribution in [0.1, 0.15) is 46.0 Å². The number of rotatable bonds is 9. The van der Waals surface area contributed by atoms with Gasteiger partial charge < -0.3 is 15.8 Å². The molecule has 1 rings (SSSR count). The van der Waals surface area contributed by atoms with Crippen LogP contribution in [0, 0.1) is 0 Å². The van der Waals surface area contributed by atoms with Crippen molar-refractivity contribution in [1.82, 2.24) is 10.2 Å². The van der Waals surface area contributed by atoms with Gasteiger partial charge in [-0.15, -0.1) is 0 Å². The smallest absolute Gasteiger partial charge is 0.237 e. The van der Waals surface area contributed by atoms with Crippen molar-refractivity contribution in [2.24, 2.45) is 5.73 Å². The van der Waals surface area contributed by atoms with Crippen LogP contribution in [0.3, 0.4) is 0 Å². The summed E-state index contributed by atoms with van der Waals surface area (Å²) in [7, 11) is 3.57. The number of amides is 1. The van der Waals surface area contributed by atoms with Gasteiger partial charge in [0.1, 0.15) is 0 Å². The molecule has 0 heterocycles. The summed E-state index contributed by atoms with van der Waals surface area (Å²) in [6.45, 7) is 6.10. The second-order valence-corrected chi connectivity index (χ2v) is 5.79. The molecule has 0 aromatic carbocycles. The summed E-state index contributed by atoms with van der Waals surface area (Å²) in [5.74, 6) is -0.223. The van der Waals surface area contributed by atoms with E-state index >= 15 is 0 Å². The summed E-state index contributed by atoms with van der Waals surface area (Å²) in [5, 5.41) is 3.16. The molecule has 0 aromatic heterocycles. The zero-order chi connectivity index (χ0) is 15.2. The van der Waals surface area contributed by atoms with E-state index in [0.717, 1.165) is 45.3 Å². The first-order chi connectivity index (χ1) is 9.54. The van der Waals surface area contributed by atoms with Crippen molar-refractivity contribution < 1.29 is 9.53 Å². The molecule has 1 aliphatic carbocycles. The Morgan fingerprint density at radius 3 is 2.55 bits per heavy atom. The van der Waals surface area contributed by atoms with Crippen LogP contribution in [0.5, 0.6) is 0 Å². The fourth-order valence-electron chi connectivity index (χ4n) is 3.49. The van der Waals surface area contributed by atoms with E-state index in [2.05, 4.69) is 24.1 Å². The Morgan fingerprint density at radius 2 is 2.15 bits per heavy atom. The molecule has 118 valence electrons. The molecule has 1 amide bonds. The topological polar surface area (TPSA) is 67.6 Å². The molecule has 2 atom stereocenters. The molecule has 2 unspecified atom stereocenters. The van der Waals surface area contributed by atoms with Gasteiger partial charge in [0.25, 0.3) is 0 Å². The van der Waals surface area contributed by atoms with E-state index in [1.54, 1.807) is 7.11 Å². The lowest BCUT2D eigenvalue weighted by atomic mass is 9.96. The number of nitrogens with two attached hydrogens (primary N) is 1. The minimum atomic E-state index is -0.526. The highest BCUT2D eigenvalue weighted by Gasteiger charge is 2.45. The number of hydrogen-bond donors (Lipinski definition) is 2. The predicted molar refractivity (Wildman–Crippen MR) is 81.6 cm³/mol. The number of methoxy groups -OCH3 is 1. The zero-order valence-electron chi connectivity index (χ0n) is 13.4. The Balaban J connectivity index is 2.80. The number of hydrogen-bond acceptors (Lipinski definition) is 4. The minimum Gasteiger partial charge on any atom is -0.383 e. The van der Waals surface area contributed by atoms with E-state index in [1.165, 1.54) is 0 Å². The first-order valence-electron chi connectivity index (χ1n) is 7.78. The second-order valence-electron chi connectivity index (χ2n) is 5.79. The summed E-state index contributed by atoms with van der Waals surface area (Å²) in [6, 6.07) is 0.964. The predicted octanol–water partition coefficient (Wildman–Crippen LogP) is 1.12. The van der Waals surface area contributed by atoms with Crippen molar-refractivity contribution >= 4 is 5.91 Å². The van der Waals surface area contributed by atoms with Crippen LogP contribution in [0.4, 0.5) is 0 Å². The maximum absolute atomic E-state index is 11.8. The molecule has 0 saturated heterocycles. The van der Waals surface area contributed by atoms with Crippen molar-refractivity contribution in [3.8, 4) is 0 Å². The first kappa shape index (κ1) is 17.4. The van der Waals surface area contributed by atoms with Gasteiger partial charge in [0, 0.05) is 25.7 Å². The maximum Gasteiger partial charge on any atom is 0.237 e. The minimum absolute atomic E-state index is 0.223. The third kappa shape index (κ3) is 3.71. The van der Waals surface area contributed by atoms with E-state index in [-0.39, 0.29) is 5.91 Å². The van der Waals surface area contributed by atoms with Crippen molar-refractivity contribution in [2.75, 3.05) is 27.3 Å². The molecular weight excluding hydrogens is 254 g/mol. The molecule has 0 radical (unpaired) electrons. The number of ether oxygens (including phenoxy) is 1. The van der Waals surface area contributed by atoms with Crippen LogP contribution in [0.15, 0.2) is 0 Å². The summed E-state index contributed by atoms with van der Waals surface area (Å²) in [4.78, 5) is 14.3. The van der Waals surface area contributed by atoms with Gasteiger partial charge in [0.05, 0.1) is 12.1 Å². The third-order valence-electron chi connectivity index (χ3n) is 4.87. The van der Waals surface area contributed by atoms with Gasteiger partial charge in [0.15, 0.2) is 0 Å². The molecule has 1 saturated carbocycles. The Bertz CT molecular complexity index is 307. The SMILES string of the molecule is CCC(CC)N(CCOC)C1CCC(NC)(C(N)=O)C1. The van der Waals surface area contributed by atoms with Crippen molar-refractivity contribution in [1.29, 1.82) is 0 Å². The van der Waals surface area contributed by atoms with Crippen molar-refractivity contribution in [3.63, 3.8) is 0 Å². The van der Waals surface area contributed by atoms with Gasteiger partial charge in [-0.05, 0) is 39.2 Å². The summed E-state index contributed by atoms with van der Waals surface area (Å²) < 4.78 is 5.25. The van der Waals surface area contributed by atoms with Gasteiger partial charge in [-0.25, -0.2) is 0 Å². The number of primary amides is 1. The lowest BCUT2D eigenvalue weighted by Gasteiger charge is -2.36. The van der Waals surface area contributed by atoms with Crippen LogP contribution in [0.25, 0.3) is 0 Å². The number of carbonyl (C=O) groups excluding carboxylic acids is 1.